The Bertz CT molecular complexity index is 634. The van der Waals surface area contributed by atoms with Crippen molar-refractivity contribution in [2.45, 2.75) is 37.1 Å². The van der Waals surface area contributed by atoms with Crippen molar-refractivity contribution in [3.63, 3.8) is 0 Å². The Balaban J connectivity index is 2.46. The average molecular weight is 293 g/mol. The molecule has 1 atom stereocenters. The Kier molecular flexibility index (Phi) is 4.43. The fourth-order valence-corrected chi connectivity index (χ4v) is 4.56. The van der Waals surface area contributed by atoms with Gasteiger partial charge >= 0.3 is 0 Å². The van der Waals surface area contributed by atoms with E-state index in [1.807, 2.05) is 6.07 Å². The summed E-state index contributed by atoms with van der Waals surface area (Å²) in [5, 5.41) is 8.95. The van der Waals surface area contributed by atoms with Crippen LogP contribution in [0.1, 0.15) is 30.4 Å². The van der Waals surface area contributed by atoms with Gasteiger partial charge in [-0.1, -0.05) is 12.5 Å². The molecule has 1 aromatic carbocycles. The van der Waals surface area contributed by atoms with Crippen molar-refractivity contribution in [1.29, 1.82) is 5.26 Å². The van der Waals surface area contributed by atoms with Crippen molar-refractivity contribution in [2.75, 3.05) is 13.1 Å². The Morgan fingerprint density at radius 3 is 2.85 bits per heavy atom. The number of nitrogens with zero attached hydrogens (tertiary/aromatic N) is 2. The largest absolute Gasteiger partial charge is 0.329 e. The molecule has 5 nitrogen and oxygen atoms in total. The maximum Gasteiger partial charge on any atom is 0.243 e. The molecule has 0 unspecified atom stereocenters. The molecule has 0 saturated carbocycles. The Labute approximate surface area is 120 Å². The van der Waals surface area contributed by atoms with E-state index in [0.717, 1.165) is 19.3 Å². The van der Waals surface area contributed by atoms with E-state index in [2.05, 4.69) is 0 Å². The number of rotatable bonds is 3. The van der Waals surface area contributed by atoms with Crippen LogP contribution in [0.2, 0.25) is 0 Å². The zero-order chi connectivity index (χ0) is 14.8. The second-order valence-electron chi connectivity index (χ2n) is 5.09. The first kappa shape index (κ1) is 15.0. The molecular formula is C14H19N3O2S. The summed E-state index contributed by atoms with van der Waals surface area (Å²) in [4.78, 5) is 0.219. The molecule has 6 heteroatoms. The van der Waals surface area contributed by atoms with Gasteiger partial charge in [-0.15, -0.1) is 0 Å². The second kappa shape index (κ2) is 5.92. The van der Waals surface area contributed by atoms with E-state index in [1.165, 1.54) is 10.4 Å². The van der Waals surface area contributed by atoms with Gasteiger partial charge in [-0.05, 0) is 37.5 Å². The molecule has 1 aliphatic rings. The number of hydrogen-bond acceptors (Lipinski definition) is 4. The summed E-state index contributed by atoms with van der Waals surface area (Å²) in [7, 11) is -3.58. The van der Waals surface area contributed by atoms with E-state index >= 15 is 0 Å². The van der Waals surface area contributed by atoms with Crippen molar-refractivity contribution < 1.29 is 8.42 Å². The van der Waals surface area contributed by atoms with Gasteiger partial charge in [-0.25, -0.2) is 8.42 Å². The molecule has 1 fully saturated rings. The number of benzene rings is 1. The van der Waals surface area contributed by atoms with Crippen LogP contribution in [-0.2, 0) is 10.0 Å². The summed E-state index contributed by atoms with van der Waals surface area (Å²) < 4.78 is 27.1. The van der Waals surface area contributed by atoms with Gasteiger partial charge in [0.05, 0.1) is 16.5 Å². The summed E-state index contributed by atoms with van der Waals surface area (Å²) in [6, 6.07) is 6.60. The Morgan fingerprint density at radius 1 is 1.45 bits per heavy atom. The number of hydrogen-bond donors (Lipinski definition) is 1. The van der Waals surface area contributed by atoms with E-state index in [-0.39, 0.29) is 10.9 Å². The highest BCUT2D eigenvalue weighted by Crippen LogP contribution is 2.27. The molecule has 20 heavy (non-hydrogen) atoms. The molecule has 0 spiro atoms. The third-order valence-corrected chi connectivity index (χ3v) is 5.84. The number of nitriles is 1. The molecular weight excluding hydrogens is 274 g/mol. The molecule has 1 heterocycles. The second-order valence-corrected chi connectivity index (χ2v) is 6.95. The molecule has 0 amide bonds. The van der Waals surface area contributed by atoms with Crippen molar-refractivity contribution >= 4 is 10.0 Å². The summed E-state index contributed by atoms with van der Waals surface area (Å²) in [5.41, 5.74) is 6.72. The quantitative estimate of drug-likeness (QED) is 0.911. The maximum atomic E-state index is 12.8. The predicted octanol–water partition coefficient (Wildman–Crippen LogP) is 1.37. The number of aryl methyl sites for hydroxylation is 1. The monoisotopic (exact) mass is 293 g/mol. The molecule has 0 radical (unpaired) electrons. The predicted molar refractivity (Wildman–Crippen MR) is 76.5 cm³/mol. The fraction of sp³-hybridized carbons (Fsp3) is 0.500. The van der Waals surface area contributed by atoms with Gasteiger partial charge in [0.25, 0.3) is 0 Å². The Hall–Kier alpha value is -1.42. The zero-order valence-electron chi connectivity index (χ0n) is 11.5. The molecule has 2 rings (SSSR count). The lowest BCUT2D eigenvalue weighted by Gasteiger charge is -2.34. The molecule has 0 aliphatic carbocycles. The van der Waals surface area contributed by atoms with Crippen molar-refractivity contribution in [3.05, 3.63) is 29.3 Å². The smallest absolute Gasteiger partial charge is 0.243 e. The summed E-state index contributed by atoms with van der Waals surface area (Å²) in [6.45, 7) is 2.58. The first-order valence-electron chi connectivity index (χ1n) is 6.73. The van der Waals surface area contributed by atoms with Crippen molar-refractivity contribution in [3.8, 4) is 6.07 Å². The lowest BCUT2D eigenvalue weighted by molar-refractivity contribution is 0.257. The first-order chi connectivity index (χ1) is 9.50. The molecule has 1 aromatic rings. The average Bonchev–Trinajstić information content (AvgIpc) is 2.47. The molecule has 108 valence electrons. The summed E-state index contributed by atoms with van der Waals surface area (Å²) >= 11 is 0. The highest BCUT2D eigenvalue weighted by molar-refractivity contribution is 7.89. The van der Waals surface area contributed by atoms with Crippen LogP contribution >= 0.6 is 0 Å². The molecule has 1 saturated heterocycles. The van der Waals surface area contributed by atoms with Crippen LogP contribution in [-0.4, -0.2) is 31.9 Å². The maximum absolute atomic E-state index is 12.8. The van der Waals surface area contributed by atoms with Crippen LogP contribution < -0.4 is 5.73 Å². The SMILES string of the molecule is Cc1ccc(C#N)cc1S(=O)(=O)N1CCCC[C@@H]1CN. The van der Waals surface area contributed by atoms with E-state index in [1.54, 1.807) is 19.1 Å². The normalized spacial score (nSPS) is 20.6. The lowest BCUT2D eigenvalue weighted by Crippen LogP contribution is -2.47. The minimum atomic E-state index is -3.58. The van der Waals surface area contributed by atoms with Crippen LogP contribution in [0.15, 0.2) is 23.1 Å². The van der Waals surface area contributed by atoms with Crippen LogP contribution in [0, 0.1) is 18.3 Å². The zero-order valence-corrected chi connectivity index (χ0v) is 12.4. The molecule has 0 aromatic heterocycles. The van der Waals surface area contributed by atoms with Gasteiger partial charge in [0.2, 0.25) is 10.0 Å². The molecule has 2 N–H and O–H groups in total. The van der Waals surface area contributed by atoms with Crippen LogP contribution in [0.3, 0.4) is 0 Å². The fourth-order valence-electron chi connectivity index (χ4n) is 2.60. The van der Waals surface area contributed by atoms with Gasteiger partial charge < -0.3 is 5.73 Å². The van der Waals surface area contributed by atoms with Gasteiger partial charge in [0.1, 0.15) is 0 Å². The van der Waals surface area contributed by atoms with Crippen LogP contribution in [0.25, 0.3) is 0 Å². The van der Waals surface area contributed by atoms with Gasteiger partial charge in [-0.2, -0.15) is 9.57 Å². The van der Waals surface area contributed by atoms with E-state index in [4.69, 9.17) is 11.0 Å². The minimum Gasteiger partial charge on any atom is -0.329 e. The molecule has 1 aliphatic heterocycles. The summed E-state index contributed by atoms with van der Waals surface area (Å²) in [6.07, 6.45) is 2.66. The van der Waals surface area contributed by atoms with Gasteiger partial charge in [-0.3, -0.25) is 0 Å². The van der Waals surface area contributed by atoms with Crippen LogP contribution in [0.4, 0.5) is 0 Å². The number of sulfonamides is 1. The third-order valence-electron chi connectivity index (χ3n) is 3.75. The van der Waals surface area contributed by atoms with Gasteiger partial charge in [0.15, 0.2) is 0 Å². The Morgan fingerprint density at radius 2 is 2.20 bits per heavy atom. The first-order valence-corrected chi connectivity index (χ1v) is 8.17. The standard InChI is InChI=1S/C14H19N3O2S/c1-11-5-6-12(9-15)8-14(11)20(18,19)17-7-3-2-4-13(17)10-16/h5-6,8,13H,2-4,7,10,16H2,1H3/t13-/m1/s1. The van der Waals surface area contributed by atoms with Crippen molar-refractivity contribution in [2.24, 2.45) is 5.73 Å². The molecule has 0 bridgehead atoms. The number of nitrogens with two attached hydrogens (primary N) is 1. The summed E-state index contributed by atoms with van der Waals surface area (Å²) in [5.74, 6) is 0. The van der Waals surface area contributed by atoms with E-state index in [9.17, 15) is 8.42 Å². The highest BCUT2D eigenvalue weighted by atomic mass is 32.2. The van der Waals surface area contributed by atoms with E-state index in [0.29, 0.717) is 24.2 Å². The highest BCUT2D eigenvalue weighted by Gasteiger charge is 2.33. The van der Waals surface area contributed by atoms with Crippen molar-refractivity contribution in [1.82, 2.24) is 4.31 Å². The third kappa shape index (κ3) is 2.70. The van der Waals surface area contributed by atoms with Gasteiger partial charge in [0, 0.05) is 19.1 Å². The minimum absolute atomic E-state index is 0.140. The van der Waals surface area contributed by atoms with E-state index < -0.39 is 10.0 Å². The lowest BCUT2D eigenvalue weighted by atomic mass is 10.1. The number of piperidine rings is 1. The van der Waals surface area contributed by atoms with Crippen LogP contribution in [0.5, 0.6) is 0 Å². The topological polar surface area (TPSA) is 87.2 Å².